The Labute approximate surface area is 143 Å². The van der Waals surface area contributed by atoms with Gasteiger partial charge < -0.3 is 25.3 Å². The number of β-amino-alcohol motifs (C(OH)–C–C–N with tert-alkyl or cyclic N) is 2. The molecule has 2 saturated heterocycles. The smallest absolute Gasteiger partial charge is 0.317 e. The molecule has 6 heteroatoms. The minimum Gasteiger partial charge on any atom is -0.395 e. The number of piperidine rings is 1. The van der Waals surface area contributed by atoms with Crippen molar-refractivity contribution in [3.63, 3.8) is 0 Å². The fourth-order valence-electron chi connectivity index (χ4n) is 3.66. The number of aliphatic hydroxyl groups is 2. The molecule has 6 nitrogen and oxygen atoms in total. The molecule has 2 fully saturated rings. The number of hydrogen-bond donors (Lipinski definition) is 3. The van der Waals surface area contributed by atoms with Crippen LogP contribution in [0.15, 0.2) is 30.3 Å². The van der Waals surface area contributed by atoms with Crippen LogP contribution in [0.25, 0.3) is 0 Å². The molecule has 0 unspecified atom stereocenters. The number of benzene rings is 1. The molecule has 24 heavy (non-hydrogen) atoms. The van der Waals surface area contributed by atoms with Gasteiger partial charge in [-0.05, 0) is 24.8 Å². The summed E-state index contributed by atoms with van der Waals surface area (Å²) in [6, 6.07) is 9.68. The Kier molecular flexibility index (Phi) is 5.38. The van der Waals surface area contributed by atoms with Crippen molar-refractivity contribution in [2.24, 2.45) is 0 Å². The molecule has 3 N–H and O–H groups in total. The average molecular weight is 333 g/mol. The van der Waals surface area contributed by atoms with Gasteiger partial charge >= 0.3 is 6.03 Å². The van der Waals surface area contributed by atoms with Crippen molar-refractivity contribution < 1.29 is 15.0 Å². The monoisotopic (exact) mass is 333 g/mol. The zero-order chi connectivity index (χ0) is 17.0. The van der Waals surface area contributed by atoms with E-state index < -0.39 is 5.60 Å². The number of amides is 2. The first kappa shape index (κ1) is 17.2. The van der Waals surface area contributed by atoms with Crippen LogP contribution in [0.4, 0.5) is 4.79 Å². The van der Waals surface area contributed by atoms with Crippen molar-refractivity contribution in [3.8, 4) is 0 Å². The molecule has 0 bridgehead atoms. The maximum absolute atomic E-state index is 12.5. The Morgan fingerprint density at radius 3 is 2.58 bits per heavy atom. The summed E-state index contributed by atoms with van der Waals surface area (Å²) < 4.78 is 0. The van der Waals surface area contributed by atoms with E-state index in [0.29, 0.717) is 26.1 Å². The van der Waals surface area contributed by atoms with Gasteiger partial charge in [0.1, 0.15) is 5.60 Å². The van der Waals surface area contributed by atoms with Crippen LogP contribution in [0.5, 0.6) is 0 Å². The summed E-state index contributed by atoms with van der Waals surface area (Å²) in [5.41, 5.74) is -0.0686. The van der Waals surface area contributed by atoms with Crippen LogP contribution < -0.4 is 5.32 Å². The van der Waals surface area contributed by atoms with Crippen molar-refractivity contribution in [1.82, 2.24) is 15.1 Å². The summed E-state index contributed by atoms with van der Waals surface area (Å²) in [5.74, 6) is 0. The first-order chi connectivity index (χ1) is 11.6. The Bertz CT molecular complexity index is 546. The molecule has 1 aromatic carbocycles. The molecule has 0 aliphatic carbocycles. The Morgan fingerprint density at radius 2 is 1.92 bits per heavy atom. The van der Waals surface area contributed by atoms with Crippen molar-refractivity contribution in [1.29, 1.82) is 0 Å². The van der Waals surface area contributed by atoms with E-state index in [2.05, 4.69) is 10.2 Å². The first-order valence-corrected chi connectivity index (χ1v) is 8.77. The van der Waals surface area contributed by atoms with Gasteiger partial charge in [0.05, 0.1) is 13.2 Å². The van der Waals surface area contributed by atoms with Crippen molar-refractivity contribution in [2.75, 3.05) is 39.3 Å². The molecule has 1 atom stereocenters. The third kappa shape index (κ3) is 3.88. The molecule has 2 aliphatic heterocycles. The highest BCUT2D eigenvalue weighted by molar-refractivity contribution is 5.75. The quantitative estimate of drug-likeness (QED) is 0.760. The fraction of sp³-hybridized carbons (Fsp3) is 0.611. The van der Waals surface area contributed by atoms with Crippen LogP contribution in [0, 0.1) is 0 Å². The number of nitrogens with zero attached hydrogens (tertiary/aromatic N) is 2. The van der Waals surface area contributed by atoms with Gasteiger partial charge in [-0.2, -0.15) is 0 Å². The molecule has 2 aliphatic rings. The summed E-state index contributed by atoms with van der Waals surface area (Å²) in [6.45, 7) is 3.60. The Hall–Kier alpha value is -1.63. The van der Waals surface area contributed by atoms with Gasteiger partial charge in [-0.15, -0.1) is 0 Å². The highest BCUT2D eigenvalue weighted by Gasteiger charge is 2.39. The van der Waals surface area contributed by atoms with E-state index in [1.165, 1.54) is 0 Å². The molecular formula is C18H27N3O3. The predicted octanol–water partition coefficient (Wildman–Crippen LogP) is 0.746. The van der Waals surface area contributed by atoms with Crippen molar-refractivity contribution in [2.45, 2.75) is 30.9 Å². The molecule has 0 aromatic heterocycles. The molecule has 132 valence electrons. The van der Waals surface area contributed by atoms with E-state index in [4.69, 9.17) is 5.11 Å². The number of hydrogen-bond acceptors (Lipinski definition) is 4. The number of carbonyl (C=O) groups excluding carboxylic acids is 1. The van der Waals surface area contributed by atoms with Crippen molar-refractivity contribution in [3.05, 3.63) is 35.9 Å². The molecule has 0 spiro atoms. The predicted molar refractivity (Wildman–Crippen MR) is 91.6 cm³/mol. The van der Waals surface area contributed by atoms with Crippen LogP contribution in [0.2, 0.25) is 0 Å². The summed E-state index contributed by atoms with van der Waals surface area (Å²) in [6.07, 6.45) is 2.38. The van der Waals surface area contributed by atoms with Crippen LogP contribution in [-0.4, -0.2) is 71.4 Å². The van der Waals surface area contributed by atoms with Gasteiger partial charge in [-0.25, -0.2) is 4.79 Å². The van der Waals surface area contributed by atoms with Gasteiger partial charge in [-0.1, -0.05) is 30.3 Å². The van der Waals surface area contributed by atoms with Crippen LogP contribution in [0.1, 0.15) is 24.8 Å². The molecular weight excluding hydrogens is 306 g/mol. The first-order valence-electron chi connectivity index (χ1n) is 8.77. The Balaban J connectivity index is 1.50. The van der Waals surface area contributed by atoms with Gasteiger partial charge in [0, 0.05) is 32.2 Å². The average Bonchev–Trinajstić information content (AvgIpc) is 3.02. The van der Waals surface area contributed by atoms with E-state index in [9.17, 15) is 9.90 Å². The number of likely N-dealkylation sites (tertiary alicyclic amines) is 2. The minimum atomic E-state index is -0.941. The SMILES string of the molecule is O=C(NC1CCN(CCO)CC1)N1CC[C@@](O)(c2ccccc2)C1. The lowest BCUT2D eigenvalue weighted by atomic mass is 9.93. The molecule has 0 radical (unpaired) electrons. The number of nitrogens with one attached hydrogen (secondary N) is 1. The highest BCUT2D eigenvalue weighted by Crippen LogP contribution is 2.31. The summed E-state index contributed by atoms with van der Waals surface area (Å²) in [7, 11) is 0. The number of rotatable bonds is 4. The maximum Gasteiger partial charge on any atom is 0.317 e. The molecule has 2 heterocycles. The van der Waals surface area contributed by atoms with E-state index in [0.717, 1.165) is 31.5 Å². The summed E-state index contributed by atoms with van der Waals surface area (Å²) in [4.78, 5) is 16.4. The van der Waals surface area contributed by atoms with Gasteiger partial charge in [0.15, 0.2) is 0 Å². The third-order valence-corrected chi connectivity index (χ3v) is 5.18. The lowest BCUT2D eigenvalue weighted by Gasteiger charge is -2.33. The van der Waals surface area contributed by atoms with Gasteiger partial charge in [0.25, 0.3) is 0 Å². The maximum atomic E-state index is 12.5. The standard InChI is InChI=1S/C18H27N3O3/c22-13-12-20-9-6-16(7-10-20)19-17(23)21-11-8-18(24,14-21)15-4-2-1-3-5-15/h1-5,16,22,24H,6-14H2,(H,19,23)/t18-/m0/s1. The lowest BCUT2D eigenvalue weighted by Crippen LogP contribution is -2.49. The lowest BCUT2D eigenvalue weighted by molar-refractivity contribution is 0.0490. The third-order valence-electron chi connectivity index (χ3n) is 5.18. The largest absolute Gasteiger partial charge is 0.395 e. The highest BCUT2D eigenvalue weighted by atomic mass is 16.3. The second kappa shape index (κ2) is 7.51. The van der Waals surface area contributed by atoms with E-state index in [1.807, 2.05) is 30.3 Å². The van der Waals surface area contributed by atoms with E-state index >= 15 is 0 Å². The number of aliphatic hydroxyl groups excluding tert-OH is 1. The molecule has 0 saturated carbocycles. The Morgan fingerprint density at radius 1 is 1.21 bits per heavy atom. The van der Waals surface area contributed by atoms with Gasteiger partial charge in [0.2, 0.25) is 0 Å². The second-order valence-electron chi connectivity index (χ2n) is 6.86. The topological polar surface area (TPSA) is 76.0 Å². The van der Waals surface area contributed by atoms with Gasteiger partial charge in [-0.3, -0.25) is 0 Å². The summed E-state index contributed by atoms with van der Waals surface area (Å²) in [5, 5.41) is 22.9. The zero-order valence-corrected chi connectivity index (χ0v) is 14.0. The van der Waals surface area contributed by atoms with E-state index in [-0.39, 0.29) is 18.7 Å². The van der Waals surface area contributed by atoms with Crippen LogP contribution >= 0.6 is 0 Å². The molecule has 2 amide bonds. The normalized spacial score (nSPS) is 25.8. The fourth-order valence-corrected chi connectivity index (χ4v) is 3.66. The molecule has 3 rings (SSSR count). The van der Waals surface area contributed by atoms with E-state index in [1.54, 1.807) is 4.90 Å². The zero-order valence-electron chi connectivity index (χ0n) is 14.0. The van der Waals surface area contributed by atoms with Crippen LogP contribution in [0.3, 0.4) is 0 Å². The minimum absolute atomic E-state index is 0.0811. The molecule has 1 aromatic rings. The number of urea groups is 1. The van der Waals surface area contributed by atoms with Crippen molar-refractivity contribution >= 4 is 6.03 Å². The number of carbonyl (C=O) groups is 1. The second-order valence-corrected chi connectivity index (χ2v) is 6.86. The van der Waals surface area contributed by atoms with Crippen LogP contribution in [-0.2, 0) is 5.60 Å². The summed E-state index contributed by atoms with van der Waals surface area (Å²) >= 11 is 0.